The zero-order chi connectivity index (χ0) is 13.5. The Balaban J connectivity index is 2.01. The van der Waals surface area contributed by atoms with E-state index in [1.807, 2.05) is 12.1 Å². The van der Waals surface area contributed by atoms with E-state index in [2.05, 4.69) is 54.6 Å². The molecule has 0 bridgehead atoms. The highest BCUT2D eigenvalue weighted by Crippen LogP contribution is 2.35. The molecule has 0 aliphatic heterocycles. The van der Waals surface area contributed by atoms with Crippen molar-refractivity contribution in [3.05, 3.63) is 66.7 Å². The summed E-state index contributed by atoms with van der Waals surface area (Å²) >= 11 is 1.80. The lowest BCUT2D eigenvalue weighted by atomic mass is 9.95. The molecule has 0 N–H and O–H groups in total. The SMILES string of the molecule is [B]c1ccc2c(c1)sc1ccc(-c3ccccc3)cc12. The molecule has 0 aliphatic rings. The average Bonchev–Trinajstić information content (AvgIpc) is 2.84. The minimum absolute atomic E-state index is 0.826. The highest BCUT2D eigenvalue weighted by Gasteiger charge is 2.06. The fraction of sp³-hybridized carbons (Fsp3) is 0. The van der Waals surface area contributed by atoms with Crippen LogP contribution < -0.4 is 5.46 Å². The quantitative estimate of drug-likeness (QED) is 0.446. The van der Waals surface area contributed by atoms with E-state index in [9.17, 15) is 0 Å². The number of hydrogen-bond acceptors (Lipinski definition) is 1. The molecule has 0 saturated carbocycles. The Morgan fingerprint density at radius 1 is 0.650 bits per heavy atom. The first-order valence-corrected chi connectivity index (χ1v) is 7.40. The second kappa shape index (κ2) is 4.50. The van der Waals surface area contributed by atoms with Crippen LogP contribution in [0.2, 0.25) is 0 Å². The Labute approximate surface area is 123 Å². The summed E-state index contributed by atoms with van der Waals surface area (Å²) in [6.07, 6.45) is 0. The molecule has 0 atom stereocenters. The van der Waals surface area contributed by atoms with Crippen molar-refractivity contribution in [2.45, 2.75) is 0 Å². The molecule has 0 nitrogen and oxygen atoms in total. The van der Waals surface area contributed by atoms with E-state index in [0.717, 1.165) is 5.46 Å². The van der Waals surface area contributed by atoms with Crippen molar-refractivity contribution in [1.29, 1.82) is 0 Å². The van der Waals surface area contributed by atoms with Crippen molar-refractivity contribution in [2.75, 3.05) is 0 Å². The highest BCUT2D eigenvalue weighted by molar-refractivity contribution is 7.25. The van der Waals surface area contributed by atoms with Gasteiger partial charge in [0.1, 0.15) is 7.85 Å². The van der Waals surface area contributed by atoms with Crippen LogP contribution in [0.1, 0.15) is 0 Å². The van der Waals surface area contributed by atoms with E-state index in [1.165, 1.54) is 31.3 Å². The number of hydrogen-bond donors (Lipinski definition) is 0. The van der Waals surface area contributed by atoms with Gasteiger partial charge in [-0.3, -0.25) is 0 Å². The third-order valence-corrected chi connectivity index (χ3v) is 4.74. The second-order valence-electron chi connectivity index (χ2n) is 4.93. The third kappa shape index (κ3) is 1.84. The zero-order valence-corrected chi connectivity index (χ0v) is 11.7. The number of rotatable bonds is 1. The van der Waals surface area contributed by atoms with E-state index in [0.29, 0.717) is 0 Å². The third-order valence-electron chi connectivity index (χ3n) is 3.60. The van der Waals surface area contributed by atoms with Crippen LogP contribution in [0.25, 0.3) is 31.3 Å². The van der Waals surface area contributed by atoms with Crippen molar-refractivity contribution in [3.8, 4) is 11.1 Å². The molecule has 2 heteroatoms. The first-order valence-electron chi connectivity index (χ1n) is 6.58. The molecular weight excluding hydrogens is 259 g/mol. The molecule has 1 heterocycles. The van der Waals surface area contributed by atoms with Crippen LogP contribution in [0, 0.1) is 0 Å². The molecule has 2 radical (unpaired) electrons. The van der Waals surface area contributed by atoms with Crippen LogP contribution in [0.4, 0.5) is 0 Å². The molecule has 0 fully saturated rings. The van der Waals surface area contributed by atoms with Crippen LogP contribution in [-0.4, -0.2) is 7.85 Å². The molecule has 3 aromatic carbocycles. The molecule has 0 amide bonds. The first kappa shape index (κ1) is 11.7. The van der Waals surface area contributed by atoms with E-state index < -0.39 is 0 Å². The van der Waals surface area contributed by atoms with Crippen molar-refractivity contribution in [2.24, 2.45) is 0 Å². The van der Waals surface area contributed by atoms with E-state index in [1.54, 1.807) is 11.3 Å². The standard InChI is InChI=1S/C18H11BS/c19-14-7-8-15-16-10-13(12-4-2-1-3-5-12)6-9-17(16)20-18(15)11-14/h1-11H. The van der Waals surface area contributed by atoms with E-state index >= 15 is 0 Å². The monoisotopic (exact) mass is 270 g/mol. The number of fused-ring (bicyclic) bond motifs is 3. The first-order chi connectivity index (χ1) is 9.81. The van der Waals surface area contributed by atoms with Gasteiger partial charge in [-0.15, -0.1) is 11.3 Å². The minimum atomic E-state index is 0.826. The van der Waals surface area contributed by atoms with E-state index in [4.69, 9.17) is 7.85 Å². The summed E-state index contributed by atoms with van der Waals surface area (Å²) in [5, 5.41) is 2.60. The van der Waals surface area contributed by atoms with Gasteiger partial charge in [0.2, 0.25) is 0 Å². The summed E-state index contributed by atoms with van der Waals surface area (Å²) in [6, 6.07) is 23.3. The Morgan fingerprint density at radius 3 is 2.35 bits per heavy atom. The maximum absolute atomic E-state index is 5.87. The normalized spacial score (nSPS) is 11.2. The van der Waals surface area contributed by atoms with Crippen LogP contribution in [-0.2, 0) is 0 Å². The fourth-order valence-corrected chi connectivity index (χ4v) is 3.74. The summed E-state index contributed by atoms with van der Waals surface area (Å²) < 4.78 is 2.57. The van der Waals surface area contributed by atoms with Crippen LogP contribution in [0.5, 0.6) is 0 Å². The molecule has 1 aromatic heterocycles. The lowest BCUT2D eigenvalue weighted by Crippen LogP contribution is -1.98. The number of benzene rings is 3. The maximum atomic E-state index is 5.87. The minimum Gasteiger partial charge on any atom is -0.135 e. The largest absolute Gasteiger partial charge is 0.135 e. The molecule has 0 aliphatic carbocycles. The number of thiophene rings is 1. The van der Waals surface area contributed by atoms with Gasteiger partial charge in [-0.1, -0.05) is 60.1 Å². The summed E-state index contributed by atoms with van der Waals surface area (Å²) in [6.45, 7) is 0. The fourth-order valence-electron chi connectivity index (χ4n) is 2.60. The van der Waals surface area contributed by atoms with Crippen molar-refractivity contribution in [1.82, 2.24) is 0 Å². The summed E-state index contributed by atoms with van der Waals surface area (Å²) in [5.41, 5.74) is 3.34. The molecule has 4 rings (SSSR count). The molecule has 0 unspecified atom stereocenters. The van der Waals surface area contributed by atoms with E-state index in [-0.39, 0.29) is 0 Å². The topological polar surface area (TPSA) is 0 Å². The average molecular weight is 270 g/mol. The lowest BCUT2D eigenvalue weighted by molar-refractivity contribution is 1.66. The molecule has 92 valence electrons. The maximum Gasteiger partial charge on any atom is 0.113 e. The predicted octanol–water partition coefficient (Wildman–Crippen LogP) is 4.52. The molecule has 20 heavy (non-hydrogen) atoms. The van der Waals surface area contributed by atoms with Crippen molar-refractivity contribution >= 4 is 44.8 Å². The predicted molar refractivity (Wildman–Crippen MR) is 90.2 cm³/mol. The van der Waals surface area contributed by atoms with Crippen LogP contribution in [0.15, 0.2) is 66.7 Å². The second-order valence-corrected chi connectivity index (χ2v) is 6.02. The smallest absolute Gasteiger partial charge is 0.113 e. The molecular formula is C18H11BS. The summed E-state index contributed by atoms with van der Waals surface area (Å²) in [5.74, 6) is 0. The Hall–Kier alpha value is -2.06. The summed E-state index contributed by atoms with van der Waals surface area (Å²) in [4.78, 5) is 0. The van der Waals surface area contributed by atoms with Gasteiger partial charge in [-0.2, -0.15) is 0 Å². The van der Waals surface area contributed by atoms with Gasteiger partial charge < -0.3 is 0 Å². The van der Waals surface area contributed by atoms with Crippen molar-refractivity contribution in [3.63, 3.8) is 0 Å². The Kier molecular flexibility index (Phi) is 2.64. The van der Waals surface area contributed by atoms with Gasteiger partial charge in [-0.25, -0.2) is 0 Å². The Bertz CT molecular complexity index is 907. The molecule has 0 saturated heterocycles. The highest BCUT2D eigenvalue weighted by atomic mass is 32.1. The van der Waals surface area contributed by atoms with Gasteiger partial charge in [0, 0.05) is 20.2 Å². The van der Waals surface area contributed by atoms with Crippen LogP contribution in [0.3, 0.4) is 0 Å². The van der Waals surface area contributed by atoms with Crippen LogP contribution >= 0.6 is 11.3 Å². The summed E-state index contributed by atoms with van der Waals surface area (Å²) in [7, 11) is 5.87. The Morgan fingerprint density at radius 2 is 1.50 bits per heavy atom. The van der Waals surface area contributed by atoms with Gasteiger partial charge in [0.15, 0.2) is 0 Å². The van der Waals surface area contributed by atoms with Gasteiger partial charge >= 0.3 is 0 Å². The van der Waals surface area contributed by atoms with Gasteiger partial charge in [0.05, 0.1) is 0 Å². The molecule has 4 aromatic rings. The lowest BCUT2D eigenvalue weighted by Gasteiger charge is -2.01. The van der Waals surface area contributed by atoms with Crippen molar-refractivity contribution < 1.29 is 0 Å². The zero-order valence-electron chi connectivity index (χ0n) is 10.8. The van der Waals surface area contributed by atoms with Gasteiger partial charge in [-0.05, 0) is 23.3 Å². The van der Waals surface area contributed by atoms with Gasteiger partial charge in [0.25, 0.3) is 0 Å². The molecule has 0 spiro atoms.